The molecule has 18 heavy (non-hydrogen) atoms. The lowest BCUT2D eigenvalue weighted by atomic mass is 10.1. The molecule has 1 unspecified atom stereocenters. The van der Waals surface area contributed by atoms with Gasteiger partial charge in [0.2, 0.25) is 5.91 Å². The minimum Gasteiger partial charge on any atom is -0.327 e. The van der Waals surface area contributed by atoms with Crippen molar-refractivity contribution in [1.82, 2.24) is 0 Å². The van der Waals surface area contributed by atoms with Gasteiger partial charge in [-0.3, -0.25) is 14.9 Å². The molecular weight excluding hydrogens is 234 g/mol. The number of nitro benzene ring substituents is 1. The molecule has 1 aromatic rings. The van der Waals surface area contributed by atoms with Gasteiger partial charge in [0.25, 0.3) is 5.69 Å². The summed E-state index contributed by atoms with van der Waals surface area (Å²) in [6.45, 7) is 3.50. The van der Waals surface area contributed by atoms with E-state index < -0.39 is 4.92 Å². The summed E-state index contributed by atoms with van der Waals surface area (Å²) in [7, 11) is 0. The Balaban J connectivity index is 2.82. The minimum atomic E-state index is -0.469. The summed E-state index contributed by atoms with van der Waals surface area (Å²) < 4.78 is 0. The molecule has 0 saturated carbocycles. The number of nitro groups is 1. The van der Waals surface area contributed by atoms with Gasteiger partial charge in [-0.15, -0.1) is 0 Å². The molecule has 1 rings (SSSR count). The van der Waals surface area contributed by atoms with Crippen LogP contribution in [0.3, 0.4) is 0 Å². The standard InChI is InChI=1S/C12H17N3O3/c1-3-9(13)7-12(16)14-10-5-4-6-11(8(10)2)15(17)18/h4-6,9H,3,7,13H2,1-2H3,(H,14,16). The van der Waals surface area contributed by atoms with Gasteiger partial charge in [-0.1, -0.05) is 13.0 Å². The van der Waals surface area contributed by atoms with Gasteiger partial charge in [-0.05, 0) is 19.4 Å². The molecule has 0 bridgehead atoms. The van der Waals surface area contributed by atoms with Gasteiger partial charge in [-0.25, -0.2) is 0 Å². The molecule has 0 radical (unpaired) electrons. The summed E-state index contributed by atoms with van der Waals surface area (Å²) in [5.41, 5.74) is 6.57. The number of hydrogen-bond donors (Lipinski definition) is 2. The van der Waals surface area contributed by atoms with Crippen LogP contribution in [0.4, 0.5) is 11.4 Å². The third-order valence-corrected chi connectivity index (χ3v) is 2.75. The number of anilines is 1. The maximum atomic E-state index is 11.7. The SMILES string of the molecule is CCC(N)CC(=O)Nc1cccc([N+](=O)[O-])c1C. The van der Waals surface area contributed by atoms with Gasteiger partial charge < -0.3 is 11.1 Å². The molecule has 6 heteroatoms. The molecule has 0 saturated heterocycles. The Morgan fingerprint density at radius 3 is 2.78 bits per heavy atom. The smallest absolute Gasteiger partial charge is 0.274 e. The largest absolute Gasteiger partial charge is 0.327 e. The second-order valence-electron chi connectivity index (χ2n) is 4.13. The van der Waals surface area contributed by atoms with Gasteiger partial charge in [0.1, 0.15) is 0 Å². The van der Waals surface area contributed by atoms with Crippen LogP contribution in [0.2, 0.25) is 0 Å². The van der Waals surface area contributed by atoms with Crippen molar-refractivity contribution in [2.24, 2.45) is 5.73 Å². The van der Waals surface area contributed by atoms with Crippen molar-refractivity contribution < 1.29 is 9.72 Å². The molecular formula is C12H17N3O3. The van der Waals surface area contributed by atoms with Crippen LogP contribution in [0.25, 0.3) is 0 Å². The lowest BCUT2D eigenvalue weighted by Crippen LogP contribution is -2.26. The third-order valence-electron chi connectivity index (χ3n) is 2.75. The highest BCUT2D eigenvalue weighted by Crippen LogP contribution is 2.25. The summed E-state index contributed by atoms with van der Waals surface area (Å²) in [6.07, 6.45) is 0.917. The van der Waals surface area contributed by atoms with Gasteiger partial charge in [0.15, 0.2) is 0 Å². The predicted octanol–water partition coefficient (Wildman–Crippen LogP) is 1.97. The lowest BCUT2D eigenvalue weighted by Gasteiger charge is -2.11. The van der Waals surface area contributed by atoms with E-state index in [2.05, 4.69) is 5.32 Å². The molecule has 0 aliphatic heterocycles. The molecule has 98 valence electrons. The van der Waals surface area contributed by atoms with Crippen LogP contribution in [0.15, 0.2) is 18.2 Å². The van der Waals surface area contributed by atoms with E-state index in [1.807, 2.05) is 6.92 Å². The van der Waals surface area contributed by atoms with Crippen LogP contribution in [0.5, 0.6) is 0 Å². The zero-order valence-electron chi connectivity index (χ0n) is 10.5. The Kier molecular flexibility index (Phi) is 4.79. The molecule has 6 nitrogen and oxygen atoms in total. The highest BCUT2D eigenvalue weighted by molar-refractivity contribution is 5.92. The van der Waals surface area contributed by atoms with Crippen molar-refractivity contribution in [2.75, 3.05) is 5.32 Å². The molecule has 3 N–H and O–H groups in total. The molecule has 0 aliphatic carbocycles. The fourth-order valence-corrected chi connectivity index (χ4v) is 1.54. The van der Waals surface area contributed by atoms with Crippen LogP contribution in [0.1, 0.15) is 25.3 Å². The number of carbonyl (C=O) groups excluding carboxylic acids is 1. The van der Waals surface area contributed by atoms with E-state index in [-0.39, 0.29) is 24.1 Å². The Hall–Kier alpha value is -1.95. The predicted molar refractivity (Wildman–Crippen MR) is 69.3 cm³/mol. The van der Waals surface area contributed by atoms with Crippen LogP contribution < -0.4 is 11.1 Å². The number of amides is 1. The number of rotatable bonds is 5. The number of carbonyl (C=O) groups is 1. The number of nitrogens with zero attached hydrogens (tertiary/aromatic N) is 1. The molecule has 0 fully saturated rings. The van der Waals surface area contributed by atoms with Crippen molar-refractivity contribution in [3.63, 3.8) is 0 Å². The number of nitrogens with two attached hydrogens (primary N) is 1. The van der Waals surface area contributed by atoms with Gasteiger partial charge >= 0.3 is 0 Å². The minimum absolute atomic E-state index is 0.00686. The topological polar surface area (TPSA) is 98.3 Å². The average Bonchev–Trinajstić information content (AvgIpc) is 2.31. The van der Waals surface area contributed by atoms with E-state index in [0.717, 1.165) is 0 Å². The first-order valence-electron chi connectivity index (χ1n) is 5.75. The second kappa shape index (κ2) is 6.11. The quantitative estimate of drug-likeness (QED) is 0.617. The van der Waals surface area contributed by atoms with Gasteiger partial charge in [0, 0.05) is 18.5 Å². The highest BCUT2D eigenvalue weighted by atomic mass is 16.6. The number of nitrogens with one attached hydrogen (secondary N) is 1. The van der Waals surface area contributed by atoms with E-state index in [4.69, 9.17) is 5.73 Å². The Morgan fingerprint density at radius 1 is 1.56 bits per heavy atom. The lowest BCUT2D eigenvalue weighted by molar-refractivity contribution is -0.385. The molecule has 1 amide bonds. The number of hydrogen-bond acceptors (Lipinski definition) is 4. The zero-order chi connectivity index (χ0) is 13.7. The molecule has 0 aromatic heterocycles. The normalized spacial score (nSPS) is 11.9. The van der Waals surface area contributed by atoms with Crippen molar-refractivity contribution in [1.29, 1.82) is 0 Å². The molecule has 1 aromatic carbocycles. The summed E-state index contributed by atoms with van der Waals surface area (Å²) in [6, 6.07) is 4.39. The first-order valence-corrected chi connectivity index (χ1v) is 5.75. The van der Waals surface area contributed by atoms with Crippen molar-refractivity contribution in [3.05, 3.63) is 33.9 Å². The van der Waals surface area contributed by atoms with Crippen LogP contribution >= 0.6 is 0 Å². The summed E-state index contributed by atoms with van der Waals surface area (Å²) in [5.74, 6) is -0.229. The number of benzene rings is 1. The van der Waals surface area contributed by atoms with Gasteiger partial charge in [-0.2, -0.15) is 0 Å². The monoisotopic (exact) mass is 251 g/mol. The van der Waals surface area contributed by atoms with Crippen molar-refractivity contribution >= 4 is 17.3 Å². The Bertz CT molecular complexity index is 460. The molecule has 0 aliphatic rings. The van der Waals surface area contributed by atoms with Crippen LogP contribution in [-0.4, -0.2) is 16.9 Å². The van der Waals surface area contributed by atoms with E-state index in [0.29, 0.717) is 17.7 Å². The van der Waals surface area contributed by atoms with Gasteiger partial charge in [0.05, 0.1) is 16.2 Å². The van der Waals surface area contributed by atoms with Crippen molar-refractivity contribution in [3.8, 4) is 0 Å². The molecule has 0 heterocycles. The first kappa shape index (κ1) is 14.1. The van der Waals surface area contributed by atoms with E-state index in [1.165, 1.54) is 6.07 Å². The second-order valence-corrected chi connectivity index (χ2v) is 4.13. The fourth-order valence-electron chi connectivity index (χ4n) is 1.54. The third kappa shape index (κ3) is 3.53. The summed E-state index contributed by atoms with van der Waals surface area (Å²) in [5, 5.41) is 13.4. The summed E-state index contributed by atoms with van der Waals surface area (Å²) >= 11 is 0. The van der Waals surface area contributed by atoms with Crippen molar-refractivity contribution in [2.45, 2.75) is 32.7 Å². The molecule has 1 atom stereocenters. The zero-order valence-corrected chi connectivity index (χ0v) is 10.5. The highest BCUT2D eigenvalue weighted by Gasteiger charge is 2.15. The van der Waals surface area contributed by atoms with E-state index >= 15 is 0 Å². The Morgan fingerprint density at radius 2 is 2.22 bits per heavy atom. The first-order chi connectivity index (χ1) is 8.45. The average molecular weight is 251 g/mol. The summed E-state index contributed by atoms with van der Waals surface area (Å²) in [4.78, 5) is 21.9. The molecule has 0 spiro atoms. The Labute approximate surface area is 105 Å². The maximum absolute atomic E-state index is 11.7. The fraction of sp³-hybridized carbons (Fsp3) is 0.417. The van der Waals surface area contributed by atoms with E-state index in [1.54, 1.807) is 19.1 Å². The van der Waals surface area contributed by atoms with Crippen LogP contribution in [-0.2, 0) is 4.79 Å². The van der Waals surface area contributed by atoms with E-state index in [9.17, 15) is 14.9 Å². The van der Waals surface area contributed by atoms with Crippen LogP contribution in [0, 0.1) is 17.0 Å². The maximum Gasteiger partial charge on any atom is 0.274 e.